The number of carbonyl (C=O) groups is 3. The molecule has 0 rings (SSSR count). The number of unbranched alkanes of at least 4 members (excludes halogenated alkanes) is 39. The first-order chi connectivity index (χ1) is 42.6. The minimum atomic E-state index is -1.62. The molecule has 0 aromatic rings. The van der Waals surface area contributed by atoms with Crippen molar-refractivity contribution in [2.75, 3.05) is 47.5 Å². The summed E-state index contributed by atoms with van der Waals surface area (Å²) in [4.78, 5) is 37.5. The second-order valence-electron chi connectivity index (χ2n) is 25.9. The van der Waals surface area contributed by atoms with Gasteiger partial charge < -0.3 is 33.3 Å². The van der Waals surface area contributed by atoms with Gasteiger partial charge in [0.15, 0.2) is 12.4 Å². The van der Waals surface area contributed by atoms with Crippen molar-refractivity contribution >= 4 is 17.9 Å². The normalized spacial score (nSPS) is 13.2. The fraction of sp³-hybridized carbons (Fsp3) is 0.782. The minimum absolute atomic E-state index is 0.149. The number of hydrogen-bond donors (Lipinski definition) is 0. The number of hydrogen-bond acceptors (Lipinski definition) is 8. The predicted octanol–water partition coefficient (Wildman–Crippen LogP) is 21.7. The molecule has 9 heteroatoms. The van der Waals surface area contributed by atoms with Gasteiger partial charge in [0.05, 0.1) is 40.3 Å². The Labute approximate surface area is 538 Å². The van der Waals surface area contributed by atoms with Gasteiger partial charge in [-0.3, -0.25) is 9.59 Å². The van der Waals surface area contributed by atoms with E-state index in [4.69, 9.17) is 18.9 Å². The van der Waals surface area contributed by atoms with Crippen LogP contribution < -0.4 is 5.11 Å². The monoisotopic (exact) mass is 1220 g/mol. The minimum Gasteiger partial charge on any atom is -0.545 e. The summed E-state index contributed by atoms with van der Waals surface area (Å²) < 4.78 is 22.8. The Morgan fingerprint density at radius 3 is 0.977 bits per heavy atom. The van der Waals surface area contributed by atoms with Crippen LogP contribution in [0.15, 0.2) is 85.1 Å². The van der Waals surface area contributed by atoms with E-state index in [0.717, 1.165) is 77.0 Å². The molecule has 0 bridgehead atoms. The zero-order chi connectivity index (χ0) is 63.3. The highest BCUT2D eigenvalue weighted by atomic mass is 16.7. The quantitative estimate of drug-likeness (QED) is 0.0195. The van der Waals surface area contributed by atoms with Crippen LogP contribution >= 0.6 is 0 Å². The Morgan fingerprint density at radius 1 is 0.356 bits per heavy atom. The van der Waals surface area contributed by atoms with Crippen LogP contribution in [0, 0.1) is 0 Å². The highest BCUT2D eigenvalue weighted by Crippen LogP contribution is 2.18. The summed E-state index contributed by atoms with van der Waals surface area (Å²) in [6, 6.07) is 0. The average Bonchev–Trinajstić information content (AvgIpc) is 3.59. The van der Waals surface area contributed by atoms with E-state index in [1.54, 1.807) is 0 Å². The summed E-state index contributed by atoms with van der Waals surface area (Å²) in [7, 11) is 5.94. The summed E-state index contributed by atoms with van der Waals surface area (Å²) in [5.74, 6) is -2.26. The van der Waals surface area contributed by atoms with Gasteiger partial charge in [0.1, 0.15) is 13.2 Å². The maximum Gasteiger partial charge on any atom is 0.306 e. The standard InChI is InChI=1S/C78H139NO8/c1-6-8-10-12-14-16-18-20-22-24-26-28-29-30-31-32-33-34-35-36-37-38-39-40-41-42-43-44-45-46-47-49-51-53-55-57-59-61-63-65-67-69-76(81)87-74(73-86-78(77(82)83)84-71-70-79(3,4)5)72-85-75(80)68-66-64-62-60-58-56-54-52-50-48-27-25-23-21-19-17-15-13-11-9-7-2/h8,10,14,16,20,22,26,28,30-31,33-34,36-37,74,78H,6-7,9,11-13,15,17-19,21,23-25,27,29,32,35,38-73H2,1-5H3/b10-8-,16-14-,22-20-,28-26-,31-30-,34-33-,37-36-. The van der Waals surface area contributed by atoms with Crippen molar-refractivity contribution in [2.24, 2.45) is 0 Å². The lowest BCUT2D eigenvalue weighted by Gasteiger charge is -2.26. The fourth-order valence-corrected chi connectivity index (χ4v) is 10.6. The van der Waals surface area contributed by atoms with Gasteiger partial charge in [-0.1, -0.05) is 336 Å². The van der Waals surface area contributed by atoms with Crippen LogP contribution in [0.5, 0.6) is 0 Å². The first kappa shape index (κ1) is 83.5. The van der Waals surface area contributed by atoms with E-state index < -0.39 is 24.3 Å². The lowest BCUT2D eigenvalue weighted by atomic mass is 10.0. The molecule has 2 atom stereocenters. The van der Waals surface area contributed by atoms with Crippen LogP contribution in [-0.4, -0.2) is 82.3 Å². The van der Waals surface area contributed by atoms with Crippen molar-refractivity contribution < 1.29 is 42.9 Å². The first-order valence-corrected chi connectivity index (χ1v) is 36.7. The molecule has 0 spiro atoms. The summed E-state index contributed by atoms with van der Waals surface area (Å²) >= 11 is 0. The predicted molar refractivity (Wildman–Crippen MR) is 371 cm³/mol. The number of likely N-dealkylation sites (N-methyl/N-ethyl adjacent to an activating group) is 1. The largest absolute Gasteiger partial charge is 0.545 e. The highest BCUT2D eigenvalue weighted by molar-refractivity contribution is 5.70. The Hall–Kier alpha value is -3.53. The van der Waals surface area contributed by atoms with Crippen molar-refractivity contribution in [3.8, 4) is 0 Å². The topological polar surface area (TPSA) is 111 Å². The average molecular weight is 1220 g/mol. The number of nitrogens with zero attached hydrogens (tertiary/aromatic N) is 1. The SMILES string of the molecule is CC/C=C\C/C=C\C/C=C\C/C=C\C/C=C\C/C=C\C/C=C\CCCCCCCCCCCCCCCCCCCCCC(=O)OC(COC(=O)CCCCCCCCCCCCCCCCCCCCCCC)COC(OCC[N+](C)(C)C)C(=O)[O-]. The number of esters is 2. The van der Waals surface area contributed by atoms with E-state index in [1.165, 1.54) is 225 Å². The molecule has 0 fully saturated rings. The second kappa shape index (κ2) is 68.4. The van der Waals surface area contributed by atoms with E-state index in [-0.39, 0.29) is 32.2 Å². The maximum absolute atomic E-state index is 12.9. The third-order valence-corrected chi connectivity index (χ3v) is 16.2. The number of rotatable bonds is 68. The molecule has 0 aliphatic rings. The van der Waals surface area contributed by atoms with Crippen LogP contribution in [0.4, 0.5) is 0 Å². The molecule has 0 aromatic carbocycles. The molecule has 0 aliphatic heterocycles. The zero-order valence-corrected chi connectivity index (χ0v) is 57.6. The highest BCUT2D eigenvalue weighted by Gasteiger charge is 2.22. The molecule has 2 unspecified atom stereocenters. The Balaban J connectivity index is 4.00. The van der Waals surface area contributed by atoms with Crippen LogP contribution in [-0.2, 0) is 33.3 Å². The Bertz CT molecular complexity index is 1700. The van der Waals surface area contributed by atoms with Crippen molar-refractivity contribution in [2.45, 2.75) is 347 Å². The zero-order valence-electron chi connectivity index (χ0n) is 57.6. The molecule has 0 radical (unpaired) electrons. The van der Waals surface area contributed by atoms with E-state index in [0.29, 0.717) is 23.9 Å². The number of carbonyl (C=O) groups excluding carboxylic acids is 3. The summed E-state index contributed by atoms with van der Waals surface area (Å²) in [6.07, 6.45) is 89.7. The number of allylic oxidation sites excluding steroid dienone is 14. The van der Waals surface area contributed by atoms with Crippen LogP contribution in [0.1, 0.15) is 335 Å². The number of quaternary nitrogens is 1. The molecule has 504 valence electrons. The molecule has 0 saturated heterocycles. The molecule has 9 nitrogen and oxygen atoms in total. The third kappa shape index (κ3) is 69.8. The van der Waals surface area contributed by atoms with Gasteiger partial charge >= 0.3 is 11.9 Å². The molecule has 0 amide bonds. The smallest absolute Gasteiger partial charge is 0.306 e. The fourth-order valence-electron chi connectivity index (χ4n) is 10.6. The maximum atomic E-state index is 12.9. The summed E-state index contributed by atoms with van der Waals surface area (Å²) in [5.41, 5.74) is 0. The number of carboxylic acids is 1. The van der Waals surface area contributed by atoms with E-state index in [2.05, 4.69) is 98.9 Å². The van der Waals surface area contributed by atoms with Gasteiger partial charge in [0.25, 0.3) is 0 Å². The molecule has 87 heavy (non-hydrogen) atoms. The van der Waals surface area contributed by atoms with Crippen LogP contribution in [0.3, 0.4) is 0 Å². The van der Waals surface area contributed by atoms with E-state index >= 15 is 0 Å². The van der Waals surface area contributed by atoms with Crippen molar-refractivity contribution in [3.63, 3.8) is 0 Å². The van der Waals surface area contributed by atoms with Gasteiger partial charge in [-0.15, -0.1) is 0 Å². The first-order valence-electron chi connectivity index (χ1n) is 36.7. The molecule has 0 aliphatic carbocycles. The number of aliphatic carboxylic acids is 1. The van der Waals surface area contributed by atoms with Gasteiger partial charge in [-0.05, 0) is 70.6 Å². The molecule has 0 saturated carbocycles. The second-order valence-corrected chi connectivity index (χ2v) is 25.9. The Kier molecular flexibility index (Phi) is 65.6. The van der Waals surface area contributed by atoms with Crippen molar-refractivity contribution in [3.05, 3.63) is 85.1 Å². The summed E-state index contributed by atoms with van der Waals surface area (Å²) in [5, 5.41) is 11.8. The van der Waals surface area contributed by atoms with Crippen LogP contribution in [0.2, 0.25) is 0 Å². The van der Waals surface area contributed by atoms with E-state index in [9.17, 15) is 19.5 Å². The third-order valence-electron chi connectivity index (χ3n) is 16.2. The van der Waals surface area contributed by atoms with Gasteiger partial charge in [0, 0.05) is 12.8 Å². The van der Waals surface area contributed by atoms with Crippen molar-refractivity contribution in [1.29, 1.82) is 0 Å². The lowest BCUT2D eigenvalue weighted by molar-refractivity contribution is -0.870. The molecule has 0 aromatic heterocycles. The molecular formula is C78H139NO8. The van der Waals surface area contributed by atoms with E-state index in [1.807, 2.05) is 21.1 Å². The van der Waals surface area contributed by atoms with Crippen molar-refractivity contribution in [1.82, 2.24) is 0 Å². The van der Waals surface area contributed by atoms with Gasteiger partial charge in [-0.2, -0.15) is 0 Å². The molecule has 0 heterocycles. The molecular weight excluding hydrogens is 1080 g/mol. The lowest BCUT2D eigenvalue weighted by Crippen LogP contribution is -2.44. The number of carboxylic acid groups (broad SMARTS) is 1. The summed E-state index contributed by atoms with van der Waals surface area (Å²) in [6.45, 7) is 4.69. The number of ether oxygens (including phenoxy) is 4. The Morgan fingerprint density at radius 2 is 0.655 bits per heavy atom. The molecule has 0 N–H and O–H groups in total. The van der Waals surface area contributed by atoms with Gasteiger partial charge in [-0.25, -0.2) is 0 Å². The van der Waals surface area contributed by atoms with Crippen LogP contribution in [0.25, 0.3) is 0 Å². The van der Waals surface area contributed by atoms with Gasteiger partial charge in [0.2, 0.25) is 0 Å².